The Morgan fingerprint density at radius 1 is 0.478 bits per heavy atom. The summed E-state index contributed by atoms with van der Waals surface area (Å²) in [5, 5.41) is 0. The second kappa shape index (κ2) is 20.2. The molecule has 3 heteroatoms. The molecule has 0 atom stereocenters. The highest BCUT2D eigenvalue weighted by molar-refractivity contribution is 6.44. The normalized spacial score (nSPS) is 11.5. The molecule has 0 unspecified atom stereocenters. The quantitative estimate of drug-likeness (QED) is 0.185. The van der Waals surface area contributed by atoms with E-state index in [1.165, 1.54) is 89.9 Å². The van der Waals surface area contributed by atoms with Crippen LogP contribution >= 0.6 is 0 Å². The number of hydrogen-bond donors (Lipinski definition) is 0. The van der Waals surface area contributed by atoms with E-state index in [4.69, 9.17) is 8.85 Å². The van der Waals surface area contributed by atoms with E-state index in [1.54, 1.807) is 0 Å². The van der Waals surface area contributed by atoms with E-state index in [0.29, 0.717) is 0 Å². The Morgan fingerprint density at radius 2 is 0.826 bits per heavy atom. The predicted octanol–water partition coefficient (Wildman–Crippen LogP) is 7.03. The summed E-state index contributed by atoms with van der Waals surface area (Å²) in [6.45, 7) is 8.02. The molecule has 0 bridgehead atoms. The van der Waals surface area contributed by atoms with Gasteiger partial charge in [0.1, 0.15) is 0 Å². The van der Waals surface area contributed by atoms with Crippen LogP contribution in [0.15, 0.2) is 0 Å². The molecule has 0 aliphatic carbocycles. The summed E-state index contributed by atoms with van der Waals surface area (Å²) in [6.07, 6.45) is 19.9. The maximum Gasteiger partial charge on any atom is 0.384 e. The lowest BCUT2D eigenvalue weighted by atomic mass is 10.0. The smallest absolute Gasteiger partial charge is 0.384 e. The SMILES string of the molecule is CCCCCCCCCCCCCCCC[Si](OCC)OCC. The van der Waals surface area contributed by atoms with Gasteiger partial charge in [-0.2, -0.15) is 0 Å². The molecule has 23 heavy (non-hydrogen) atoms. The zero-order valence-electron chi connectivity index (χ0n) is 16.3. The van der Waals surface area contributed by atoms with Crippen molar-refractivity contribution in [3.05, 3.63) is 0 Å². The van der Waals surface area contributed by atoms with Gasteiger partial charge in [0, 0.05) is 13.2 Å². The van der Waals surface area contributed by atoms with Gasteiger partial charge in [-0.1, -0.05) is 96.8 Å². The van der Waals surface area contributed by atoms with Gasteiger partial charge in [0.25, 0.3) is 0 Å². The first-order valence-corrected chi connectivity index (χ1v) is 12.0. The van der Waals surface area contributed by atoms with Crippen LogP contribution in [-0.4, -0.2) is 22.5 Å². The van der Waals surface area contributed by atoms with Crippen molar-refractivity contribution in [3.8, 4) is 0 Å². The highest BCUT2D eigenvalue weighted by Gasteiger charge is 2.13. The van der Waals surface area contributed by atoms with Gasteiger partial charge in [-0.15, -0.1) is 0 Å². The highest BCUT2D eigenvalue weighted by atomic mass is 28.3. The first-order chi connectivity index (χ1) is 11.3. The first-order valence-electron chi connectivity index (χ1n) is 10.5. The lowest BCUT2D eigenvalue weighted by molar-refractivity contribution is 0.212. The molecule has 2 nitrogen and oxygen atoms in total. The third kappa shape index (κ3) is 18.3. The van der Waals surface area contributed by atoms with Gasteiger partial charge in [0.05, 0.1) is 0 Å². The summed E-state index contributed by atoms with van der Waals surface area (Å²) < 4.78 is 11.4. The van der Waals surface area contributed by atoms with Crippen LogP contribution in [0.25, 0.3) is 0 Å². The van der Waals surface area contributed by atoms with Crippen LogP contribution in [0.5, 0.6) is 0 Å². The van der Waals surface area contributed by atoms with Crippen molar-refractivity contribution in [2.24, 2.45) is 0 Å². The lowest BCUT2D eigenvalue weighted by Gasteiger charge is -2.12. The third-order valence-corrected chi connectivity index (χ3v) is 6.33. The Morgan fingerprint density at radius 3 is 1.17 bits per heavy atom. The molecule has 1 radical (unpaired) electrons. The third-order valence-electron chi connectivity index (χ3n) is 4.35. The molecular formula is C20H43O2Si. The Labute approximate surface area is 148 Å². The van der Waals surface area contributed by atoms with Crippen LogP contribution in [0, 0.1) is 0 Å². The molecule has 0 amide bonds. The van der Waals surface area contributed by atoms with Crippen LogP contribution in [0.2, 0.25) is 6.04 Å². The van der Waals surface area contributed by atoms with Crippen LogP contribution in [-0.2, 0) is 8.85 Å². The second-order valence-electron chi connectivity index (χ2n) is 6.58. The summed E-state index contributed by atoms with van der Waals surface area (Å²) in [7, 11) is -0.962. The summed E-state index contributed by atoms with van der Waals surface area (Å²) in [6, 6.07) is 1.16. The largest absolute Gasteiger partial charge is 0.394 e. The molecule has 0 rings (SSSR count). The van der Waals surface area contributed by atoms with Crippen molar-refractivity contribution in [1.82, 2.24) is 0 Å². The monoisotopic (exact) mass is 343 g/mol. The molecule has 0 aromatic carbocycles. The summed E-state index contributed by atoms with van der Waals surface area (Å²) in [5.74, 6) is 0. The van der Waals surface area contributed by atoms with Gasteiger partial charge < -0.3 is 8.85 Å². The molecule has 0 saturated carbocycles. The Balaban J connectivity index is 3.15. The molecule has 139 valence electrons. The van der Waals surface area contributed by atoms with E-state index >= 15 is 0 Å². The molecule has 0 fully saturated rings. The van der Waals surface area contributed by atoms with Gasteiger partial charge in [-0.25, -0.2) is 0 Å². The van der Waals surface area contributed by atoms with E-state index in [1.807, 2.05) is 0 Å². The molecule has 0 aliphatic heterocycles. The topological polar surface area (TPSA) is 18.5 Å². The van der Waals surface area contributed by atoms with E-state index in [2.05, 4.69) is 20.8 Å². The van der Waals surface area contributed by atoms with E-state index in [9.17, 15) is 0 Å². The predicted molar refractivity (Wildman–Crippen MR) is 104 cm³/mol. The molecule has 0 aromatic rings. The lowest BCUT2D eigenvalue weighted by Crippen LogP contribution is -2.22. The molecule has 0 saturated heterocycles. The van der Waals surface area contributed by atoms with Crippen LogP contribution in [0.4, 0.5) is 0 Å². The van der Waals surface area contributed by atoms with E-state index in [0.717, 1.165) is 19.3 Å². The van der Waals surface area contributed by atoms with Crippen molar-refractivity contribution < 1.29 is 8.85 Å². The molecule has 0 N–H and O–H groups in total. The Kier molecular flexibility index (Phi) is 20.3. The Bertz CT molecular complexity index is 206. The van der Waals surface area contributed by atoms with E-state index < -0.39 is 9.28 Å². The molecule has 0 heterocycles. The van der Waals surface area contributed by atoms with Crippen molar-refractivity contribution in [3.63, 3.8) is 0 Å². The van der Waals surface area contributed by atoms with Crippen molar-refractivity contribution in [1.29, 1.82) is 0 Å². The minimum atomic E-state index is -0.962. The van der Waals surface area contributed by atoms with Gasteiger partial charge in [0.15, 0.2) is 0 Å². The number of unbranched alkanes of at least 4 members (excludes halogenated alkanes) is 13. The van der Waals surface area contributed by atoms with Crippen LogP contribution < -0.4 is 0 Å². The van der Waals surface area contributed by atoms with Crippen LogP contribution in [0.3, 0.4) is 0 Å². The maximum absolute atomic E-state index is 5.68. The summed E-state index contributed by atoms with van der Waals surface area (Å²) >= 11 is 0. The van der Waals surface area contributed by atoms with Crippen molar-refractivity contribution >= 4 is 9.28 Å². The minimum absolute atomic E-state index is 0.799. The maximum atomic E-state index is 5.68. The second-order valence-corrected chi connectivity index (χ2v) is 8.41. The fourth-order valence-corrected chi connectivity index (χ4v) is 4.53. The van der Waals surface area contributed by atoms with Crippen LogP contribution in [0.1, 0.15) is 111 Å². The zero-order chi connectivity index (χ0) is 17.0. The number of hydrogen-bond acceptors (Lipinski definition) is 2. The Hall–Kier alpha value is 0.137. The molecule has 0 aliphatic rings. The van der Waals surface area contributed by atoms with E-state index in [-0.39, 0.29) is 0 Å². The van der Waals surface area contributed by atoms with Gasteiger partial charge in [0.2, 0.25) is 0 Å². The standard InChI is InChI=1S/C20H43O2Si/c1-4-7-8-9-10-11-12-13-14-15-16-17-18-19-20-23(21-5-2)22-6-3/h4-20H2,1-3H3. The number of rotatable bonds is 19. The highest BCUT2D eigenvalue weighted by Crippen LogP contribution is 2.14. The average molecular weight is 344 g/mol. The first kappa shape index (κ1) is 23.1. The van der Waals surface area contributed by atoms with Crippen molar-refractivity contribution in [2.75, 3.05) is 13.2 Å². The van der Waals surface area contributed by atoms with Gasteiger partial charge in [-0.05, 0) is 19.9 Å². The molecule has 0 spiro atoms. The molecular weight excluding hydrogens is 300 g/mol. The zero-order valence-corrected chi connectivity index (χ0v) is 17.3. The fraction of sp³-hybridized carbons (Fsp3) is 1.00. The average Bonchev–Trinajstić information content (AvgIpc) is 2.55. The van der Waals surface area contributed by atoms with Crippen molar-refractivity contribution in [2.45, 2.75) is 117 Å². The van der Waals surface area contributed by atoms with Gasteiger partial charge in [-0.3, -0.25) is 0 Å². The fourth-order valence-electron chi connectivity index (χ4n) is 2.97. The molecule has 0 aromatic heterocycles. The van der Waals surface area contributed by atoms with Gasteiger partial charge >= 0.3 is 9.28 Å². The summed E-state index contributed by atoms with van der Waals surface area (Å²) in [5.41, 5.74) is 0. The summed E-state index contributed by atoms with van der Waals surface area (Å²) in [4.78, 5) is 0. The minimum Gasteiger partial charge on any atom is -0.394 e.